The highest BCUT2D eigenvalue weighted by Crippen LogP contribution is 2.41. The molecule has 1 spiro atoms. The van der Waals surface area contributed by atoms with Crippen LogP contribution < -0.4 is 5.32 Å². The van der Waals surface area contributed by atoms with Crippen molar-refractivity contribution in [3.63, 3.8) is 0 Å². The Balaban J connectivity index is 1.79. The number of benzene rings is 1. The van der Waals surface area contributed by atoms with Crippen LogP contribution in [0.3, 0.4) is 0 Å². The second kappa shape index (κ2) is 5.84. The number of hydrogen-bond donors (Lipinski definition) is 1. The van der Waals surface area contributed by atoms with Crippen LogP contribution in [-0.2, 0) is 4.74 Å². The summed E-state index contributed by atoms with van der Waals surface area (Å²) in [5.74, 6) is 0.819. The predicted octanol–water partition coefficient (Wildman–Crippen LogP) is 4.60. The van der Waals surface area contributed by atoms with Crippen molar-refractivity contribution in [3.05, 3.63) is 33.8 Å². The number of hydrogen-bond acceptors (Lipinski definition) is 2. The van der Waals surface area contributed by atoms with Gasteiger partial charge in [-0.1, -0.05) is 30.1 Å². The van der Waals surface area contributed by atoms with E-state index in [0.717, 1.165) is 42.4 Å². The Hall–Kier alpha value is -0.280. The minimum atomic E-state index is -0.0128. The number of halogens is 2. The fourth-order valence-electron chi connectivity index (χ4n) is 3.33. The van der Waals surface area contributed by atoms with Gasteiger partial charge < -0.3 is 10.1 Å². The van der Waals surface area contributed by atoms with Crippen LogP contribution in [0.2, 0.25) is 10.0 Å². The van der Waals surface area contributed by atoms with E-state index in [9.17, 15) is 0 Å². The van der Waals surface area contributed by atoms with Crippen molar-refractivity contribution >= 4 is 23.2 Å². The summed E-state index contributed by atoms with van der Waals surface area (Å²) in [6.07, 6.45) is 4.77. The maximum Gasteiger partial charge on any atom is 0.0972 e. The van der Waals surface area contributed by atoms with Gasteiger partial charge in [-0.3, -0.25) is 0 Å². The zero-order valence-electron chi connectivity index (χ0n) is 11.8. The molecule has 4 heteroatoms. The summed E-state index contributed by atoms with van der Waals surface area (Å²) < 4.78 is 6.48. The van der Waals surface area contributed by atoms with Crippen LogP contribution in [0.15, 0.2) is 18.2 Å². The average Bonchev–Trinajstić information content (AvgIpc) is 2.45. The molecular formula is C16H21Cl2NO. The monoisotopic (exact) mass is 313 g/mol. The van der Waals surface area contributed by atoms with Crippen LogP contribution in [0.1, 0.15) is 44.3 Å². The van der Waals surface area contributed by atoms with E-state index in [1.807, 2.05) is 18.2 Å². The van der Waals surface area contributed by atoms with Crippen molar-refractivity contribution in [2.24, 2.45) is 5.92 Å². The van der Waals surface area contributed by atoms with Crippen LogP contribution in [0.4, 0.5) is 0 Å². The predicted molar refractivity (Wildman–Crippen MR) is 83.5 cm³/mol. The minimum Gasteiger partial charge on any atom is -0.364 e. The summed E-state index contributed by atoms with van der Waals surface area (Å²) in [7, 11) is 0. The number of rotatable bonds is 1. The molecule has 1 aliphatic heterocycles. The second-order valence-corrected chi connectivity index (χ2v) is 7.11. The molecule has 1 unspecified atom stereocenters. The SMILES string of the molecule is CC1CCC2(CC1)CNCC(c1cc(Cl)ccc1Cl)O2. The van der Waals surface area contributed by atoms with Crippen LogP contribution in [0.25, 0.3) is 0 Å². The molecule has 1 saturated heterocycles. The summed E-state index contributed by atoms with van der Waals surface area (Å²) in [5.41, 5.74) is 0.991. The first-order valence-electron chi connectivity index (χ1n) is 7.41. The normalized spacial score (nSPS) is 34.4. The number of ether oxygens (including phenoxy) is 1. The highest BCUT2D eigenvalue weighted by Gasteiger charge is 2.40. The molecular weight excluding hydrogens is 293 g/mol. The minimum absolute atomic E-state index is 0.00311. The van der Waals surface area contributed by atoms with Gasteiger partial charge in [0.1, 0.15) is 0 Å². The fraction of sp³-hybridized carbons (Fsp3) is 0.625. The molecule has 1 N–H and O–H groups in total. The standard InChI is InChI=1S/C16H21Cl2NO/c1-11-4-6-16(7-5-11)10-19-9-15(20-16)13-8-12(17)2-3-14(13)18/h2-3,8,11,15,19H,4-7,9-10H2,1H3. The molecule has 2 aliphatic rings. The molecule has 1 aromatic carbocycles. The zero-order chi connectivity index (χ0) is 14.2. The van der Waals surface area contributed by atoms with E-state index < -0.39 is 0 Å². The molecule has 0 radical (unpaired) electrons. The largest absolute Gasteiger partial charge is 0.364 e. The van der Waals surface area contributed by atoms with Crippen LogP contribution in [0.5, 0.6) is 0 Å². The molecule has 3 rings (SSSR count). The Morgan fingerprint density at radius 1 is 1.25 bits per heavy atom. The van der Waals surface area contributed by atoms with Crippen molar-refractivity contribution in [2.75, 3.05) is 13.1 Å². The fourth-order valence-corrected chi connectivity index (χ4v) is 3.75. The average molecular weight is 314 g/mol. The molecule has 2 nitrogen and oxygen atoms in total. The molecule has 2 fully saturated rings. The molecule has 20 heavy (non-hydrogen) atoms. The Labute approximate surface area is 130 Å². The third-order valence-corrected chi connectivity index (χ3v) is 5.24. The topological polar surface area (TPSA) is 21.3 Å². The summed E-state index contributed by atoms with van der Waals surface area (Å²) >= 11 is 12.4. The van der Waals surface area contributed by atoms with Crippen LogP contribution in [-0.4, -0.2) is 18.7 Å². The van der Waals surface area contributed by atoms with E-state index in [1.165, 1.54) is 12.8 Å². The van der Waals surface area contributed by atoms with Gasteiger partial charge in [-0.2, -0.15) is 0 Å². The lowest BCUT2D eigenvalue weighted by Gasteiger charge is -2.45. The molecule has 0 amide bonds. The van der Waals surface area contributed by atoms with Gasteiger partial charge in [0, 0.05) is 28.7 Å². The summed E-state index contributed by atoms with van der Waals surface area (Å²) in [4.78, 5) is 0. The van der Waals surface area contributed by atoms with E-state index in [4.69, 9.17) is 27.9 Å². The molecule has 1 heterocycles. The van der Waals surface area contributed by atoms with Crippen molar-refractivity contribution in [1.29, 1.82) is 0 Å². The molecule has 0 aromatic heterocycles. The van der Waals surface area contributed by atoms with Crippen LogP contribution in [0, 0.1) is 5.92 Å². The zero-order valence-corrected chi connectivity index (χ0v) is 13.3. The summed E-state index contributed by atoms with van der Waals surface area (Å²) in [6.45, 7) is 4.08. The van der Waals surface area contributed by atoms with E-state index in [1.54, 1.807) is 0 Å². The molecule has 1 aromatic rings. The van der Waals surface area contributed by atoms with Crippen molar-refractivity contribution in [1.82, 2.24) is 5.32 Å². The van der Waals surface area contributed by atoms with Gasteiger partial charge in [0.2, 0.25) is 0 Å². The first-order chi connectivity index (χ1) is 9.58. The highest BCUT2D eigenvalue weighted by molar-refractivity contribution is 6.33. The Bertz CT molecular complexity index is 483. The first kappa shape index (κ1) is 14.6. The van der Waals surface area contributed by atoms with Gasteiger partial charge in [0.05, 0.1) is 11.7 Å². The summed E-state index contributed by atoms with van der Waals surface area (Å²) in [5, 5.41) is 4.98. The van der Waals surface area contributed by atoms with Gasteiger partial charge >= 0.3 is 0 Å². The smallest absolute Gasteiger partial charge is 0.0972 e. The molecule has 0 bridgehead atoms. The van der Waals surface area contributed by atoms with Crippen molar-refractivity contribution < 1.29 is 4.74 Å². The molecule has 1 aliphatic carbocycles. The second-order valence-electron chi connectivity index (χ2n) is 6.27. The highest BCUT2D eigenvalue weighted by atomic mass is 35.5. The third-order valence-electron chi connectivity index (χ3n) is 4.66. The Kier molecular flexibility index (Phi) is 4.28. The van der Waals surface area contributed by atoms with E-state index in [-0.39, 0.29) is 11.7 Å². The Morgan fingerprint density at radius 2 is 2.00 bits per heavy atom. The van der Waals surface area contributed by atoms with Gasteiger partial charge in [-0.25, -0.2) is 0 Å². The van der Waals surface area contributed by atoms with Crippen molar-refractivity contribution in [3.8, 4) is 0 Å². The summed E-state index contributed by atoms with van der Waals surface area (Å²) in [6, 6.07) is 5.61. The lowest BCUT2D eigenvalue weighted by molar-refractivity contribution is -0.140. The van der Waals surface area contributed by atoms with Gasteiger partial charge in [0.15, 0.2) is 0 Å². The maximum absolute atomic E-state index is 6.48. The molecule has 110 valence electrons. The first-order valence-corrected chi connectivity index (χ1v) is 8.17. The quantitative estimate of drug-likeness (QED) is 0.818. The van der Waals surface area contributed by atoms with E-state index >= 15 is 0 Å². The molecule has 1 saturated carbocycles. The molecule has 1 atom stereocenters. The lowest BCUT2D eigenvalue weighted by atomic mass is 9.78. The van der Waals surface area contributed by atoms with Gasteiger partial charge in [0.25, 0.3) is 0 Å². The van der Waals surface area contributed by atoms with Crippen molar-refractivity contribution in [2.45, 2.75) is 44.3 Å². The number of morpholine rings is 1. The van der Waals surface area contributed by atoms with E-state index in [2.05, 4.69) is 12.2 Å². The van der Waals surface area contributed by atoms with Crippen LogP contribution >= 0.6 is 23.2 Å². The number of nitrogens with one attached hydrogen (secondary N) is 1. The van der Waals surface area contributed by atoms with E-state index in [0.29, 0.717) is 5.02 Å². The maximum atomic E-state index is 6.48. The lowest BCUT2D eigenvalue weighted by Crippen LogP contribution is -2.52. The van der Waals surface area contributed by atoms with Gasteiger partial charge in [-0.15, -0.1) is 0 Å². The van der Waals surface area contributed by atoms with Gasteiger partial charge in [-0.05, 0) is 49.8 Å². The third kappa shape index (κ3) is 2.99. The Morgan fingerprint density at radius 3 is 2.75 bits per heavy atom.